The van der Waals surface area contributed by atoms with Crippen molar-refractivity contribution in [1.82, 2.24) is 5.32 Å². The van der Waals surface area contributed by atoms with E-state index in [1.807, 2.05) is 36.4 Å². The van der Waals surface area contributed by atoms with Crippen molar-refractivity contribution in [2.45, 2.75) is 13.0 Å². The Kier molecular flexibility index (Phi) is 6.44. The maximum atomic E-state index is 10.8. The lowest BCUT2D eigenvalue weighted by Crippen LogP contribution is -2.12. The highest BCUT2D eigenvalue weighted by Crippen LogP contribution is 2.00. The fourth-order valence-electron chi connectivity index (χ4n) is 1.20. The molecule has 0 atom stereocenters. The summed E-state index contributed by atoms with van der Waals surface area (Å²) in [5.74, 6) is -0.202. The summed E-state index contributed by atoms with van der Waals surface area (Å²) in [4.78, 5) is 10.8. The smallest absolute Gasteiger partial charge is 0.247 e. The predicted molar refractivity (Wildman–Crippen MR) is 68.2 cm³/mol. The van der Waals surface area contributed by atoms with Crippen molar-refractivity contribution in [2.75, 3.05) is 6.61 Å². The van der Waals surface area contributed by atoms with E-state index in [9.17, 15) is 4.79 Å². The number of rotatable bonds is 7. The summed E-state index contributed by atoms with van der Waals surface area (Å²) in [7, 11) is 0. The van der Waals surface area contributed by atoms with Crippen LogP contribution in [-0.4, -0.2) is 12.5 Å². The quantitative estimate of drug-likeness (QED) is 0.578. The predicted octanol–water partition coefficient (Wildman–Crippen LogP) is 2.41. The van der Waals surface area contributed by atoms with Crippen LogP contribution in [0, 0.1) is 0 Å². The summed E-state index contributed by atoms with van der Waals surface area (Å²) in [6, 6.07) is 10.0. The van der Waals surface area contributed by atoms with Gasteiger partial charge in [-0.15, -0.1) is 0 Å². The summed E-state index contributed by atoms with van der Waals surface area (Å²) in [5.41, 5.74) is 1.16. The Bertz CT molecular complexity index is 371. The molecule has 1 amide bonds. The topological polar surface area (TPSA) is 38.3 Å². The van der Waals surface area contributed by atoms with Gasteiger partial charge in [0.15, 0.2) is 0 Å². The first kappa shape index (κ1) is 13.2. The molecule has 0 radical (unpaired) electrons. The molecule has 3 nitrogen and oxygen atoms in total. The number of hydrogen-bond donors (Lipinski definition) is 1. The molecule has 0 aliphatic rings. The molecule has 0 aliphatic heterocycles. The van der Waals surface area contributed by atoms with E-state index in [1.165, 1.54) is 6.08 Å². The van der Waals surface area contributed by atoms with Gasteiger partial charge >= 0.3 is 0 Å². The maximum Gasteiger partial charge on any atom is 0.247 e. The lowest BCUT2D eigenvalue weighted by Gasteiger charge is -2.01. The van der Waals surface area contributed by atoms with Gasteiger partial charge in [-0.2, -0.15) is 0 Å². The maximum absolute atomic E-state index is 10.8. The van der Waals surface area contributed by atoms with Crippen LogP contribution in [0.4, 0.5) is 0 Å². The zero-order valence-electron chi connectivity index (χ0n) is 9.76. The lowest BCUT2D eigenvalue weighted by atomic mass is 10.2. The Labute approximate surface area is 102 Å². The van der Waals surface area contributed by atoms with E-state index < -0.39 is 0 Å². The number of carbonyl (C=O) groups excluding carboxylic acids is 1. The molecular formula is C14H17NO2. The molecule has 0 bridgehead atoms. The molecule has 1 N–H and O–H groups in total. The van der Waals surface area contributed by atoms with Gasteiger partial charge in [0.2, 0.25) is 5.91 Å². The first-order chi connectivity index (χ1) is 8.33. The third-order valence-electron chi connectivity index (χ3n) is 2.07. The van der Waals surface area contributed by atoms with E-state index in [4.69, 9.17) is 4.74 Å². The third-order valence-corrected chi connectivity index (χ3v) is 2.07. The molecule has 0 fully saturated rings. The Hall–Kier alpha value is -1.87. The van der Waals surface area contributed by atoms with Crippen LogP contribution in [0.25, 0.3) is 0 Å². The molecule has 0 aliphatic carbocycles. The van der Waals surface area contributed by atoms with Gasteiger partial charge in [0.25, 0.3) is 0 Å². The fourth-order valence-corrected chi connectivity index (χ4v) is 1.20. The summed E-state index contributed by atoms with van der Waals surface area (Å²) >= 11 is 0. The zero-order valence-corrected chi connectivity index (χ0v) is 9.76. The van der Waals surface area contributed by atoms with E-state index in [0.717, 1.165) is 12.0 Å². The van der Waals surface area contributed by atoms with Crippen molar-refractivity contribution < 1.29 is 9.53 Å². The highest BCUT2D eigenvalue weighted by atomic mass is 16.5. The van der Waals surface area contributed by atoms with Crippen LogP contribution in [0.3, 0.4) is 0 Å². The van der Waals surface area contributed by atoms with E-state index in [1.54, 1.807) is 6.20 Å². The number of carbonyl (C=O) groups is 1. The van der Waals surface area contributed by atoms with Crippen LogP contribution in [-0.2, 0) is 16.1 Å². The summed E-state index contributed by atoms with van der Waals surface area (Å²) < 4.78 is 5.47. The number of benzene rings is 1. The molecule has 1 rings (SSSR count). The van der Waals surface area contributed by atoms with E-state index in [0.29, 0.717) is 13.2 Å². The van der Waals surface area contributed by atoms with Gasteiger partial charge in [0.1, 0.15) is 0 Å². The minimum absolute atomic E-state index is 0.202. The highest BCUT2D eigenvalue weighted by Gasteiger charge is 1.90. The highest BCUT2D eigenvalue weighted by molar-refractivity contribution is 5.87. The molecular weight excluding hydrogens is 214 g/mol. The van der Waals surface area contributed by atoms with Crippen molar-refractivity contribution >= 4 is 5.91 Å². The van der Waals surface area contributed by atoms with Crippen molar-refractivity contribution in [2.24, 2.45) is 0 Å². The van der Waals surface area contributed by atoms with Crippen LogP contribution in [0.1, 0.15) is 12.0 Å². The number of hydrogen-bond acceptors (Lipinski definition) is 2. The Morgan fingerprint density at radius 1 is 1.35 bits per heavy atom. The van der Waals surface area contributed by atoms with Gasteiger partial charge in [-0.3, -0.25) is 4.79 Å². The van der Waals surface area contributed by atoms with Crippen LogP contribution in [0.15, 0.2) is 55.3 Å². The van der Waals surface area contributed by atoms with E-state index >= 15 is 0 Å². The lowest BCUT2D eigenvalue weighted by molar-refractivity contribution is -0.115. The molecule has 0 spiro atoms. The molecule has 0 saturated carbocycles. The molecule has 1 aromatic rings. The monoisotopic (exact) mass is 231 g/mol. The van der Waals surface area contributed by atoms with Gasteiger partial charge in [-0.1, -0.05) is 43.0 Å². The molecule has 0 unspecified atom stereocenters. The number of amides is 1. The zero-order chi connectivity index (χ0) is 12.3. The van der Waals surface area contributed by atoms with E-state index in [-0.39, 0.29) is 5.91 Å². The largest absolute Gasteiger partial charge is 0.376 e. The van der Waals surface area contributed by atoms with Gasteiger partial charge in [-0.05, 0) is 18.1 Å². The second-order valence-corrected chi connectivity index (χ2v) is 3.44. The Morgan fingerprint density at radius 3 is 2.82 bits per heavy atom. The number of nitrogens with one attached hydrogen (secondary N) is 1. The van der Waals surface area contributed by atoms with Gasteiger partial charge in [0, 0.05) is 6.20 Å². The molecule has 3 heteroatoms. The second-order valence-electron chi connectivity index (χ2n) is 3.44. The SMILES string of the molecule is C=CC(=O)N/C=C\CCOCc1ccccc1. The fraction of sp³-hybridized carbons (Fsp3) is 0.214. The minimum atomic E-state index is -0.202. The molecule has 0 aromatic heterocycles. The van der Waals surface area contributed by atoms with Crippen LogP contribution in [0.2, 0.25) is 0 Å². The number of ether oxygens (including phenoxy) is 1. The Morgan fingerprint density at radius 2 is 2.12 bits per heavy atom. The standard InChI is InChI=1S/C14H17NO2/c1-2-14(16)15-10-6-7-11-17-12-13-8-4-3-5-9-13/h2-6,8-10H,1,7,11-12H2,(H,15,16)/b10-6-. The molecule has 0 saturated heterocycles. The van der Waals surface area contributed by atoms with Crippen LogP contribution in [0.5, 0.6) is 0 Å². The van der Waals surface area contributed by atoms with Gasteiger partial charge in [-0.25, -0.2) is 0 Å². The van der Waals surface area contributed by atoms with Crippen molar-refractivity contribution in [3.63, 3.8) is 0 Å². The van der Waals surface area contributed by atoms with Crippen LogP contribution >= 0.6 is 0 Å². The van der Waals surface area contributed by atoms with Gasteiger partial charge in [0.05, 0.1) is 13.2 Å². The summed E-state index contributed by atoms with van der Waals surface area (Å²) in [6.45, 7) is 4.60. The van der Waals surface area contributed by atoms with E-state index in [2.05, 4.69) is 11.9 Å². The first-order valence-electron chi connectivity index (χ1n) is 5.52. The molecule has 90 valence electrons. The average molecular weight is 231 g/mol. The summed E-state index contributed by atoms with van der Waals surface area (Å²) in [5, 5.41) is 2.55. The summed E-state index contributed by atoms with van der Waals surface area (Å²) in [6.07, 6.45) is 5.46. The van der Waals surface area contributed by atoms with Crippen molar-refractivity contribution in [3.05, 3.63) is 60.8 Å². The average Bonchev–Trinajstić information content (AvgIpc) is 2.38. The van der Waals surface area contributed by atoms with Crippen molar-refractivity contribution in [3.8, 4) is 0 Å². The van der Waals surface area contributed by atoms with Crippen LogP contribution < -0.4 is 5.32 Å². The molecule has 1 aromatic carbocycles. The normalized spacial score (nSPS) is 10.4. The van der Waals surface area contributed by atoms with Gasteiger partial charge < -0.3 is 10.1 Å². The molecule has 17 heavy (non-hydrogen) atoms. The van der Waals surface area contributed by atoms with Crippen molar-refractivity contribution in [1.29, 1.82) is 0 Å². The third kappa shape index (κ3) is 6.33. The Balaban J connectivity index is 2.05. The minimum Gasteiger partial charge on any atom is -0.376 e. The first-order valence-corrected chi connectivity index (χ1v) is 5.52. The molecule has 0 heterocycles. The second kappa shape index (κ2) is 8.30.